The molecule has 0 atom stereocenters. The van der Waals surface area contributed by atoms with Crippen LogP contribution in [0.2, 0.25) is 0 Å². The van der Waals surface area contributed by atoms with Crippen molar-refractivity contribution in [3.05, 3.63) is 57.0 Å². The van der Waals surface area contributed by atoms with Gasteiger partial charge in [-0.05, 0) is 83.0 Å². The van der Waals surface area contributed by atoms with Gasteiger partial charge in [-0.2, -0.15) is 0 Å². The molecule has 0 heterocycles. The van der Waals surface area contributed by atoms with Gasteiger partial charge in [0.1, 0.15) is 5.75 Å². The van der Waals surface area contributed by atoms with Crippen LogP contribution in [0.3, 0.4) is 0 Å². The van der Waals surface area contributed by atoms with Crippen molar-refractivity contribution in [2.24, 2.45) is 5.92 Å². The Kier molecular flexibility index (Phi) is 8.06. The van der Waals surface area contributed by atoms with Crippen molar-refractivity contribution >= 4 is 60.8 Å². The molecular formula is C19H20Br2N2O2S. The van der Waals surface area contributed by atoms with E-state index in [0.29, 0.717) is 18.1 Å². The van der Waals surface area contributed by atoms with Gasteiger partial charge in [-0.3, -0.25) is 10.1 Å². The van der Waals surface area contributed by atoms with Crippen LogP contribution in [0.15, 0.2) is 51.4 Å². The summed E-state index contributed by atoms with van der Waals surface area (Å²) < 4.78 is 7.44. The molecule has 1 amide bonds. The van der Waals surface area contributed by atoms with Gasteiger partial charge in [0.15, 0.2) is 5.11 Å². The van der Waals surface area contributed by atoms with Gasteiger partial charge in [0.2, 0.25) is 0 Å². The summed E-state index contributed by atoms with van der Waals surface area (Å²) in [7, 11) is 0. The van der Waals surface area contributed by atoms with Gasteiger partial charge >= 0.3 is 0 Å². The number of amides is 1. The van der Waals surface area contributed by atoms with Crippen LogP contribution in [-0.2, 0) is 0 Å². The first-order valence-electron chi connectivity index (χ1n) is 8.15. The molecule has 0 radical (unpaired) electrons. The molecule has 0 aliphatic carbocycles. The van der Waals surface area contributed by atoms with Crippen LogP contribution in [0.25, 0.3) is 0 Å². The normalized spacial score (nSPS) is 10.5. The lowest BCUT2D eigenvalue weighted by Gasteiger charge is -2.12. The van der Waals surface area contributed by atoms with E-state index in [9.17, 15) is 4.79 Å². The van der Waals surface area contributed by atoms with Crippen molar-refractivity contribution in [3.63, 3.8) is 0 Å². The standard InChI is InChI=1S/C19H20Br2N2O2S/c1-12(2)9-10-25-17-8-3-13(11-16(17)21)18(24)23-19(26)22-15-6-4-14(20)5-7-15/h3-8,11-12H,9-10H2,1-2H3,(H2,22,23,24,26). The van der Waals surface area contributed by atoms with E-state index in [1.807, 2.05) is 24.3 Å². The maximum Gasteiger partial charge on any atom is 0.257 e. The van der Waals surface area contributed by atoms with E-state index in [0.717, 1.165) is 26.8 Å². The van der Waals surface area contributed by atoms with Crippen LogP contribution in [0.5, 0.6) is 5.75 Å². The Morgan fingerprint density at radius 2 is 1.85 bits per heavy atom. The number of hydrogen-bond donors (Lipinski definition) is 2. The summed E-state index contributed by atoms with van der Waals surface area (Å²) in [5.74, 6) is 1.02. The predicted molar refractivity (Wildman–Crippen MR) is 117 cm³/mol. The number of thiocarbonyl (C=S) groups is 1. The Balaban J connectivity index is 1.93. The minimum absolute atomic E-state index is 0.241. The Hall–Kier alpha value is -1.44. The number of rotatable bonds is 6. The van der Waals surface area contributed by atoms with Gasteiger partial charge in [0.25, 0.3) is 5.91 Å². The summed E-state index contributed by atoms with van der Waals surface area (Å²) in [6.45, 7) is 4.94. The minimum atomic E-state index is -0.283. The smallest absolute Gasteiger partial charge is 0.257 e. The summed E-state index contributed by atoms with van der Waals surface area (Å²) in [4.78, 5) is 12.4. The monoisotopic (exact) mass is 498 g/mol. The van der Waals surface area contributed by atoms with E-state index < -0.39 is 0 Å². The number of benzene rings is 2. The van der Waals surface area contributed by atoms with Crippen molar-refractivity contribution < 1.29 is 9.53 Å². The Morgan fingerprint density at radius 1 is 1.15 bits per heavy atom. The SMILES string of the molecule is CC(C)CCOc1ccc(C(=O)NC(=S)Nc2ccc(Br)cc2)cc1Br. The first-order chi connectivity index (χ1) is 12.3. The highest BCUT2D eigenvalue weighted by atomic mass is 79.9. The fourth-order valence-corrected chi connectivity index (χ4v) is 3.00. The van der Waals surface area contributed by atoms with Crippen LogP contribution in [0.1, 0.15) is 30.6 Å². The van der Waals surface area contributed by atoms with Crippen molar-refractivity contribution in [3.8, 4) is 5.75 Å². The van der Waals surface area contributed by atoms with Crippen molar-refractivity contribution in [2.75, 3.05) is 11.9 Å². The van der Waals surface area contributed by atoms with Crippen LogP contribution in [0.4, 0.5) is 5.69 Å². The first kappa shape index (κ1) is 20.9. The van der Waals surface area contributed by atoms with Crippen LogP contribution in [0, 0.1) is 5.92 Å². The average molecular weight is 500 g/mol. The Bertz CT molecular complexity index is 780. The third-order valence-corrected chi connectivity index (χ3v) is 4.83. The number of anilines is 1. The molecule has 0 spiro atoms. The van der Waals surface area contributed by atoms with Crippen LogP contribution in [-0.4, -0.2) is 17.6 Å². The van der Waals surface area contributed by atoms with Crippen LogP contribution >= 0.6 is 44.1 Å². The van der Waals surface area contributed by atoms with E-state index >= 15 is 0 Å². The average Bonchev–Trinajstić information content (AvgIpc) is 2.58. The van der Waals surface area contributed by atoms with Gasteiger partial charge in [-0.1, -0.05) is 29.8 Å². The molecule has 0 saturated carbocycles. The van der Waals surface area contributed by atoms with E-state index in [2.05, 4.69) is 56.3 Å². The molecule has 138 valence electrons. The second kappa shape index (κ2) is 10.0. The van der Waals surface area contributed by atoms with E-state index in [1.54, 1.807) is 18.2 Å². The van der Waals surface area contributed by atoms with Crippen LogP contribution < -0.4 is 15.4 Å². The second-order valence-electron chi connectivity index (χ2n) is 6.09. The highest BCUT2D eigenvalue weighted by Gasteiger charge is 2.11. The van der Waals surface area contributed by atoms with Crippen molar-refractivity contribution in [2.45, 2.75) is 20.3 Å². The topological polar surface area (TPSA) is 50.4 Å². The fourth-order valence-electron chi connectivity index (χ4n) is 2.03. The molecule has 0 aliphatic heterocycles. The summed E-state index contributed by atoms with van der Waals surface area (Å²) in [6.07, 6.45) is 0.977. The maximum absolute atomic E-state index is 12.4. The number of ether oxygens (including phenoxy) is 1. The largest absolute Gasteiger partial charge is 0.492 e. The highest BCUT2D eigenvalue weighted by Crippen LogP contribution is 2.26. The van der Waals surface area contributed by atoms with Gasteiger partial charge in [-0.15, -0.1) is 0 Å². The third-order valence-electron chi connectivity index (χ3n) is 3.48. The molecule has 0 unspecified atom stereocenters. The highest BCUT2D eigenvalue weighted by molar-refractivity contribution is 9.10. The molecule has 2 aromatic rings. The summed E-state index contributed by atoms with van der Waals surface area (Å²) in [6, 6.07) is 12.7. The number of carbonyl (C=O) groups excluding carboxylic acids is 1. The molecule has 0 fully saturated rings. The molecule has 0 saturated heterocycles. The predicted octanol–water partition coefficient (Wildman–Crippen LogP) is 5.76. The van der Waals surface area contributed by atoms with Gasteiger partial charge in [0.05, 0.1) is 11.1 Å². The zero-order chi connectivity index (χ0) is 19.1. The lowest BCUT2D eigenvalue weighted by atomic mass is 10.1. The Morgan fingerprint density at radius 3 is 2.46 bits per heavy atom. The molecular weight excluding hydrogens is 480 g/mol. The molecule has 7 heteroatoms. The fraction of sp³-hybridized carbons (Fsp3) is 0.263. The van der Waals surface area contributed by atoms with Gasteiger partial charge in [-0.25, -0.2) is 0 Å². The van der Waals surface area contributed by atoms with Gasteiger partial charge in [0, 0.05) is 15.7 Å². The summed E-state index contributed by atoms with van der Waals surface area (Å²) >= 11 is 12.0. The van der Waals surface area contributed by atoms with Crippen molar-refractivity contribution in [1.29, 1.82) is 0 Å². The second-order valence-corrected chi connectivity index (χ2v) is 8.27. The lowest BCUT2D eigenvalue weighted by Crippen LogP contribution is -2.34. The molecule has 0 bridgehead atoms. The quantitative estimate of drug-likeness (QED) is 0.496. The zero-order valence-corrected chi connectivity index (χ0v) is 18.5. The number of halogens is 2. The van der Waals surface area contributed by atoms with Crippen molar-refractivity contribution in [1.82, 2.24) is 5.32 Å². The molecule has 0 aromatic heterocycles. The van der Waals surface area contributed by atoms with E-state index in [4.69, 9.17) is 17.0 Å². The summed E-state index contributed by atoms with van der Waals surface area (Å²) in [5.41, 5.74) is 1.29. The lowest BCUT2D eigenvalue weighted by molar-refractivity contribution is 0.0977. The molecule has 2 aromatic carbocycles. The first-order valence-corrected chi connectivity index (χ1v) is 10.1. The van der Waals surface area contributed by atoms with E-state index in [-0.39, 0.29) is 11.0 Å². The number of hydrogen-bond acceptors (Lipinski definition) is 3. The van der Waals surface area contributed by atoms with E-state index in [1.165, 1.54) is 0 Å². The molecule has 26 heavy (non-hydrogen) atoms. The molecule has 0 aliphatic rings. The molecule has 2 rings (SSSR count). The third kappa shape index (κ3) is 6.70. The number of nitrogens with one attached hydrogen (secondary N) is 2. The summed E-state index contributed by atoms with van der Waals surface area (Å²) in [5, 5.41) is 5.89. The van der Waals surface area contributed by atoms with Gasteiger partial charge < -0.3 is 10.1 Å². The number of carbonyl (C=O) groups is 1. The molecule has 4 nitrogen and oxygen atoms in total. The molecule has 2 N–H and O–H groups in total. The zero-order valence-electron chi connectivity index (χ0n) is 14.5. The Labute approximate surface area is 176 Å². The minimum Gasteiger partial charge on any atom is -0.492 e. The maximum atomic E-state index is 12.4.